The number of hydrogen-bond acceptors (Lipinski definition) is 4. The molecule has 0 radical (unpaired) electrons. The molecule has 1 saturated heterocycles. The Morgan fingerprint density at radius 1 is 1.13 bits per heavy atom. The van der Waals surface area contributed by atoms with Crippen LogP contribution in [0, 0.1) is 0 Å². The Bertz CT molecular complexity index is 779. The topological polar surface area (TPSA) is 79.4 Å². The van der Waals surface area contributed by atoms with Gasteiger partial charge in [0.2, 0.25) is 15.9 Å². The van der Waals surface area contributed by atoms with Gasteiger partial charge >= 0.3 is 0 Å². The zero-order chi connectivity index (χ0) is 16.3. The van der Waals surface area contributed by atoms with Crippen LogP contribution < -0.4 is 5.32 Å². The molecule has 1 aliphatic heterocycles. The van der Waals surface area contributed by atoms with Crippen molar-refractivity contribution in [2.75, 3.05) is 11.9 Å². The van der Waals surface area contributed by atoms with Gasteiger partial charge in [-0.15, -0.1) is 0 Å². The SMILES string of the molecule is O=C(Nc1ccccn1)C1CCCN1S(=O)(=O)c1ccccc1. The van der Waals surface area contributed by atoms with E-state index in [2.05, 4.69) is 10.3 Å². The van der Waals surface area contributed by atoms with Gasteiger partial charge in [0.1, 0.15) is 11.9 Å². The van der Waals surface area contributed by atoms with Crippen LogP contribution in [0.25, 0.3) is 0 Å². The summed E-state index contributed by atoms with van der Waals surface area (Å²) in [5, 5.41) is 2.68. The number of carbonyl (C=O) groups is 1. The van der Waals surface area contributed by atoms with Crippen molar-refractivity contribution in [1.82, 2.24) is 9.29 Å². The number of nitrogens with one attached hydrogen (secondary N) is 1. The minimum atomic E-state index is -3.67. The van der Waals surface area contributed by atoms with E-state index in [1.54, 1.807) is 54.7 Å². The molecule has 0 saturated carbocycles. The summed E-state index contributed by atoms with van der Waals surface area (Å²) in [5.41, 5.74) is 0. The van der Waals surface area contributed by atoms with Gasteiger partial charge in [0, 0.05) is 12.7 Å². The summed E-state index contributed by atoms with van der Waals surface area (Å²) < 4.78 is 26.7. The first-order valence-corrected chi connectivity index (χ1v) is 8.82. The van der Waals surface area contributed by atoms with Crippen molar-refractivity contribution < 1.29 is 13.2 Å². The zero-order valence-corrected chi connectivity index (χ0v) is 13.2. The van der Waals surface area contributed by atoms with E-state index in [9.17, 15) is 13.2 Å². The third-order valence-electron chi connectivity index (χ3n) is 3.77. The van der Waals surface area contributed by atoms with Crippen molar-refractivity contribution >= 4 is 21.7 Å². The number of anilines is 1. The molecule has 1 fully saturated rings. The number of sulfonamides is 1. The van der Waals surface area contributed by atoms with Gasteiger partial charge in [-0.25, -0.2) is 13.4 Å². The van der Waals surface area contributed by atoms with E-state index in [-0.39, 0.29) is 10.8 Å². The third-order valence-corrected chi connectivity index (χ3v) is 5.69. The summed E-state index contributed by atoms with van der Waals surface area (Å²) in [5.74, 6) is 0.0714. The van der Waals surface area contributed by atoms with E-state index < -0.39 is 16.1 Å². The van der Waals surface area contributed by atoms with Gasteiger partial charge in [0.15, 0.2) is 0 Å². The number of benzene rings is 1. The maximum absolute atomic E-state index is 12.7. The molecule has 0 aliphatic carbocycles. The van der Waals surface area contributed by atoms with Crippen LogP contribution in [0.1, 0.15) is 12.8 Å². The van der Waals surface area contributed by atoms with Gasteiger partial charge in [-0.2, -0.15) is 4.31 Å². The number of amides is 1. The first-order valence-electron chi connectivity index (χ1n) is 7.38. The molecular formula is C16H17N3O3S. The van der Waals surface area contributed by atoms with Crippen molar-refractivity contribution in [2.45, 2.75) is 23.8 Å². The van der Waals surface area contributed by atoms with Gasteiger partial charge in [-0.05, 0) is 37.1 Å². The summed E-state index contributed by atoms with van der Waals surface area (Å²) in [6.45, 7) is 0.345. The number of carbonyl (C=O) groups excluding carboxylic acids is 1. The normalized spacial score (nSPS) is 18.7. The molecule has 1 amide bonds. The van der Waals surface area contributed by atoms with Crippen molar-refractivity contribution in [3.05, 3.63) is 54.7 Å². The van der Waals surface area contributed by atoms with E-state index >= 15 is 0 Å². The fourth-order valence-electron chi connectivity index (χ4n) is 2.66. The fourth-order valence-corrected chi connectivity index (χ4v) is 4.34. The highest BCUT2D eigenvalue weighted by Gasteiger charge is 2.39. The molecule has 2 aromatic rings. The Morgan fingerprint density at radius 3 is 2.57 bits per heavy atom. The van der Waals surface area contributed by atoms with Gasteiger partial charge < -0.3 is 5.32 Å². The molecule has 0 spiro atoms. The molecule has 7 heteroatoms. The fraction of sp³-hybridized carbons (Fsp3) is 0.250. The van der Waals surface area contributed by atoms with E-state index in [4.69, 9.17) is 0 Å². The summed E-state index contributed by atoms with van der Waals surface area (Å²) in [6, 6.07) is 12.7. The van der Waals surface area contributed by atoms with Gasteiger partial charge in [0.25, 0.3) is 0 Å². The average molecular weight is 331 g/mol. The second kappa shape index (κ2) is 6.47. The summed E-state index contributed by atoms with van der Waals surface area (Å²) in [4.78, 5) is 16.7. The van der Waals surface area contributed by atoms with Gasteiger partial charge in [-0.1, -0.05) is 24.3 Å². The molecule has 23 heavy (non-hydrogen) atoms. The van der Waals surface area contributed by atoms with Crippen molar-refractivity contribution in [3.8, 4) is 0 Å². The lowest BCUT2D eigenvalue weighted by Crippen LogP contribution is -2.43. The molecule has 1 unspecified atom stereocenters. The Labute approximate surface area is 135 Å². The molecule has 120 valence electrons. The lowest BCUT2D eigenvalue weighted by Gasteiger charge is -2.23. The van der Waals surface area contributed by atoms with Crippen LogP contribution in [0.4, 0.5) is 5.82 Å². The van der Waals surface area contributed by atoms with E-state index in [1.165, 1.54) is 4.31 Å². The number of hydrogen-bond donors (Lipinski definition) is 1. The maximum Gasteiger partial charge on any atom is 0.243 e. The molecule has 1 aliphatic rings. The standard InChI is InChI=1S/C16H17N3O3S/c20-16(18-15-10-4-5-11-17-15)14-9-6-12-19(14)23(21,22)13-7-2-1-3-8-13/h1-5,7-8,10-11,14H,6,9,12H2,(H,17,18,20). The molecule has 1 atom stereocenters. The molecule has 2 heterocycles. The number of rotatable bonds is 4. The second-order valence-corrected chi connectivity index (χ2v) is 7.18. The molecule has 3 rings (SSSR count). The Balaban J connectivity index is 1.82. The van der Waals surface area contributed by atoms with Crippen LogP contribution in [0.5, 0.6) is 0 Å². The van der Waals surface area contributed by atoms with Crippen LogP contribution in [0.2, 0.25) is 0 Å². The largest absolute Gasteiger partial charge is 0.309 e. The molecule has 1 aromatic carbocycles. The molecule has 1 aromatic heterocycles. The molecule has 6 nitrogen and oxygen atoms in total. The highest BCUT2D eigenvalue weighted by atomic mass is 32.2. The van der Waals surface area contributed by atoms with Crippen LogP contribution in [0.15, 0.2) is 59.6 Å². The average Bonchev–Trinajstić information content (AvgIpc) is 3.07. The number of pyridine rings is 1. The molecule has 0 bridgehead atoms. The smallest absolute Gasteiger partial charge is 0.243 e. The Kier molecular flexibility index (Phi) is 4.40. The lowest BCUT2D eigenvalue weighted by atomic mass is 10.2. The predicted molar refractivity (Wildman–Crippen MR) is 86.2 cm³/mol. The molecular weight excluding hydrogens is 314 g/mol. The van der Waals surface area contributed by atoms with Crippen LogP contribution in [-0.2, 0) is 14.8 Å². The van der Waals surface area contributed by atoms with Crippen LogP contribution in [-0.4, -0.2) is 36.2 Å². The zero-order valence-electron chi connectivity index (χ0n) is 12.4. The van der Waals surface area contributed by atoms with Crippen molar-refractivity contribution in [1.29, 1.82) is 0 Å². The Hall–Kier alpha value is -2.25. The highest BCUT2D eigenvalue weighted by molar-refractivity contribution is 7.89. The predicted octanol–water partition coefficient (Wildman–Crippen LogP) is 1.87. The maximum atomic E-state index is 12.7. The Morgan fingerprint density at radius 2 is 1.87 bits per heavy atom. The lowest BCUT2D eigenvalue weighted by molar-refractivity contribution is -0.119. The summed E-state index contributed by atoms with van der Waals surface area (Å²) >= 11 is 0. The monoisotopic (exact) mass is 331 g/mol. The van der Waals surface area contributed by atoms with Crippen LogP contribution >= 0.6 is 0 Å². The van der Waals surface area contributed by atoms with E-state index in [0.29, 0.717) is 25.2 Å². The summed E-state index contributed by atoms with van der Waals surface area (Å²) in [6.07, 6.45) is 2.74. The summed E-state index contributed by atoms with van der Waals surface area (Å²) in [7, 11) is -3.67. The second-order valence-electron chi connectivity index (χ2n) is 5.29. The van der Waals surface area contributed by atoms with E-state index in [0.717, 1.165) is 0 Å². The number of nitrogens with zero attached hydrogens (tertiary/aromatic N) is 2. The van der Waals surface area contributed by atoms with Crippen molar-refractivity contribution in [2.24, 2.45) is 0 Å². The quantitative estimate of drug-likeness (QED) is 0.927. The first-order chi connectivity index (χ1) is 11.1. The number of aromatic nitrogens is 1. The van der Waals surface area contributed by atoms with Crippen molar-refractivity contribution in [3.63, 3.8) is 0 Å². The van der Waals surface area contributed by atoms with E-state index in [1.807, 2.05) is 0 Å². The third kappa shape index (κ3) is 3.25. The van der Waals surface area contributed by atoms with Gasteiger partial charge in [-0.3, -0.25) is 4.79 Å². The van der Waals surface area contributed by atoms with Gasteiger partial charge in [0.05, 0.1) is 4.90 Å². The minimum absolute atomic E-state index is 0.206. The highest BCUT2D eigenvalue weighted by Crippen LogP contribution is 2.26. The van der Waals surface area contributed by atoms with Crippen LogP contribution in [0.3, 0.4) is 0 Å². The first kappa shape index (κ1) is 15.6. The minimum Gasteiger partial charge on any atom is -0.309 e. The molecule has 1 N–H and O–H groups in total.